The van der Waals surface area contributed by atoms with E-state index in [0.29, 0.717) is 12.2 Å². The number of nitrogens with zero attached hydrogens (tertiary/aromatic N) is 2. The molecule has 0 bridgehead atoms. The molecule has 0 saturated heterocycles. The van der Waals surface area contributed by atoms with Crippen LogP contribution in [0.1, 0.15) is 46.7 Å². The second kappa shape index (κ2) is 10.2. The first kappa shape index (κ1) is 23.1. The molecule has 3 aromatic carbocycles. The number of benzene rings is 3. The Morgan fingerprint density at radius 3 is 2.61 bits per heavy atom. The first-order chi connectivity index (χ1) is 15.9. The van der Waals surface area contributed by atoms with Crippen molar-refractivity contribution in [3.63, 3.8) is 0 Å². The fraction of sp³-hybridized carbons (Fsp3) is 0.259. The van der Waals surface area contributed by atoms with Gasteiger partial charge >= 0.3 is 0 Å². The van der Waals surface area contributed by atoms with Crippen molar-refractivity contribution >= 4 is 32.9 Å². The lowest BCUT2D eigenvalue weighted by atomic mass is 10.1. The van der Waals surface area contributed by atoms with Gasteiger partial charge in [0.15, 0.2) is 0 Å². The van der Waals surface area contributed by atoms with E-state index in [4.69, 9.17) is 9.72 Å². The van der Waals surface area contributed by atoms with E-state index in [1.165, 1.54) is 11.1 Å². The average molecular weight is 506 g/mol. The van der Waals surface area contributed by atoms with Crippen molar-refractivity contribution < 1.29 is 9.53 Å². The number of imidazole rings is 1. The smallest absolute Gasteiger partial charge is 0.251 e. The molecule has 1 unspecified atom stereocenters. The molecule has 1 heterocycles. The van der Waals surface area contributed by atoms with E-state index in [0.717, 1.165) is 40.0 Å². The summed E-state index contributed by atoms with van der Waals surface area (Å²) in [5.41, 5.74) is 5.01. The Balaban J connectivity index is 1.48. The highest BCUT2D eigenvalue weighted by molar-refractivity contribution is 9.10. The van der Waals surface area contributed by atoms with Gasteiger partial charge in [0.25, 0.3) is 5.91 Å². The molecular weight excluding hydrogens is 478 g/mol. The van der Waals surface area contributed by atoms with Crippen LogP contribution in [0.5, 0.6) is 5.75 Å². The standard InChI is InChI=1S/C27H28BrN3O2/c1-18-8-6-11-25(19(18)2)33-17-7-16-31-24-10-5-4-9-23(24)30-26(31)20(3)29-27(32)21-12-14-22(28)15-13-21/h4-6,8-15,20H,7,16-17H2,1-3H3,(H,29,32). The number of nitrogens with one attached hydrogen (secondary N) is 1. The lowest BCUT2D eigenvalue weighted by Crippen LogP contribution is -2.28. The van der Waals surface area contributed by atoms with Gasteiger partial charge in [-0.05, 0) is 80.8 Å². The van der Waals surface area contributed by atoms with Crippen LogP contribution >= 0.6 is 15.9 Å². The number of aromatic nitrogens is 2. The molecule has 4 rings (SSSR count). The molecule has 4 aromatic rings. The monoisotopic (exact) mass is 505 g/mol. The normalized spacial score (nSPS) is 12.0. The summed E-state index contributed by atoms with van der Waals surface area (Å²) in [7, 11) is 0. The number of fused-ring (bicyclic) bond motifs is 1. The van der Waals surface area contributed by atoms with Crippen LogP contribution < -0.4 is 10.1 Å². The lowest BCUT2D eigenvalue weighted by molar-refractivity contribution is 0.0937. The molecule has 33 heavy (non-hydrogen) atoms. The molecule has 6 heteroatoms. The Morgan fingerprint density at radius 2 is 1.82 bits per heavy atom. The molecule has 1 aromatic heterocycles. The Morgan fingerprint density at radius 1 is 1.06 bits per heavy atom. The third-order valence-corrected chi connectivity index (χ3v) is 6.39. The van der Waals surface area contributed by atoms with E-state index in [1.54, 1.807) is 12.1 Å². The van der Waals surface area contributed by atoms with Crippen molar-refractivity contribution in [3.8, 4) is 5.75 Å². The third kappa shape index (κ3) is 5.28. The van der Waals surface area contributed by atoms with Gasteiger partial charge < -0.3 is 14.6 Å². The SMILES string of the molecule is Cc1cccc(OCCCn2c(C(C)NC(=O)c3ccc(Br)cc3)nc3ccccc32)c1C. The molecule has 0 aliphatic carbocycles. The van der Waals surface area contributed by atoms with Crippen LogP contribution in [0.25, 0.3) is 11.0 Å². The van der Waals surface area contributed by atoms with E-state index < -0.39 is 0 Å². The molecule has 1 N–H and O–H groups in total. The molecule has 170 valence electrons. The van der Waals surface area contributed by atoms with Crippen molar-refractivity contribution in [1.29, 1.82) is 0 Å². The second-order valence-electron chi connectivity index (χ2n) is 8.21. The van der Waals surface area contributed by atoms with Gasteiger partial charge in [-0.3, -0.25) is 4.79 Å². The molecule has 1 atom stereocenters. The van der Waals surface area contributed by atoms with Gasteiger partial charge in [-0.1, -0.05) is 40.2 Å². The number of amides is 1. The number of aryl methyl sites for hydroxylation is 2. The molecule has 0 saturated carbocycles. The first-order valence-corrected chi connectivity index (χ1v) is 11.9. The maximum Gasteiger partial charge on any atom is 0.251 e. The minimum Gasteiger partial charge on any atom is -0.493 e. The van der Waals surface area contributed by atoms with Crippen LogP contribution in [0.4, 0.5) is 0 Å². The third-order valence-electron chi connectivity index (χ3n) is 5.86. The first-order valence-electron chi connectivity index (χ1n) is 11.1. The Kier molecular flexibility index (Phi) is 7.14. The number of halogens is 1. The van der Waals surface area contributed by atoms with E-state index >= 15 is 0 Å². The number of para-hydroxylation sites is 2. The van der Waals surface area contributed by atoms with Gasteiger partial charge in [-0.25, -0.2) is 4.98 Å². The molecule has 0 radical (unpaired) electrons. The van der Waals surface area contributed by atoms with Crippen molar-refractivity contribution in [2.45, 2.75) is 39.8 Å². The van der Waals surface area contributed by atoms with Crippen molar-refractivity contribution in [2.24, 2.45) is 0 Å². The Labute approximate surface area is 202 Å². The lowest BCUT2D eigenvalue weighted by Gasteiger charge is -2.17. The van der Waals surface area contributed by atoms with Crippen LogP contribution in [-0.2, 0) is 6.54 Å². The fourth-order valence-corrected chi connectivity index (χ4v) is 4.16. The highest BCUT2D eigenvalue weighted by atomic mass is 79.9. The largest absolute Gasteiger partial charge is 0.493 e. The van der Waals surface area contributed by atoms with Crippen LogP contribution in [0.2, 0.25) is 0 Å². The predicted octanol–water partition coefficient (Wildman–Crippen LogP) is 6.38. The van der Waals surface area contributed by atoms with Crippen LogP contribution in [-0.4, -0.2) is 22.1 Å². The van der Waals surface area contributed by atoms with Gasteiger partial charge in [0.1, 0.15) is 11.6 Å². The van der Waals surface area contributed by atoms with Crippen LogP contribution in [0.3, 0.4) is 0 Å². The maximum atomic E-state index is 12.8. The minimum atomic E-state index is -0.242. The zero-order valence-electron chi connectivity index (χ0n) is 19.1. The van der Waals surface area contributed by atoms with Crippen molar-refractivity contribution in [1.82, 2.24) is 14.9 Å². The van der Waals surface area contributed by atoms with Crippen LogP contribution in [0, 0.1) is 13.8 Å². The molecule has 0 fully saturated rings. The molecule has 0 spiro atoms. The van der Waals surface area contributed by atoms with Crippen LogP contribution in [0.15, 0.2) is 71.2 Å². The summed E-state index contributed by atoms with van der Waals surface area (Å²) < 4.78 is 9.18. The molecule has 5 nitrogen and oxygen atoms in total. The maximum absolute atomic E-state index is 12.8. The molecule has 1 amide bonds. The number of hydrogen-bond acceptors (Lipinski definition) is 3. The van der Waals surface area contributed by atoms with Gasteiger partial charge in [0.2, 0.25) is 0 Å². The van der Waals surface area contributed by atoms with Gasteiger partial charge in [0.05, 0.1) is 23.7 Å². The molecular formula is C27H28BrN3O2. The summed E-state index contributed by atoms with van der Waals surface area (Å²) in [6, 6.07) is 21.3. The van der Waals surface area contributed by atoms with E-state index in [1.807, 2.05) is 49.4 Å². The molecule has 0 aliphatic rings. The topological polar surface area (TPSA) is 56.1 Å². The summed E-state index contributed by atoms with van der Waals surface area (Å²) in [6.45, 7) is 7.51. The summed E-state index contributed by atoms with van der Waals surface area (Å²) in [4.78, 5) is 17.6. The number of rotatable bonds is 8. The molecule has 0 aliphatic heterocycles. The number of carbonyl (C=O) groups excluding carboxylic acids is 1. The van der Waals surface area contributed by atoms with Gasteiger partial charge in [0, 0.05) is 16.6 Å². The number of carbonyl (C=O) groups is 1. The predicted molar refractivity (Wildman–Crippen MR) is 136 cm³/mol. The zero-order chi connectivity index (χ0) is 23.4. The second-order valence-corrected chi connectivity index (χ2v) is 9.13. The summed E-state index contributed by atoms with van der Waals surface area (Å²) >= 11 is 3.41. The average Bonchev–Trinajstić information content (AvgIpc) is 3.18. The summed E-state index contributed by atoms with van der Waals surface area (Å²) in [5, 5.41) is 3.09. The van der Waals surface area contributed by atoms with Crippen molar-refractivity contribution in [3.05, 3.63) is 93.7 Å². The summed E-state index contributed by atoms with van der Waals surface area (Å²) in [6.07, 6.45) is 0.827. The van der Waals surface area contributed by atoms with Crippen molar-refractivity contribution in [2.75, 3.05) is 6.61 Å². The number of ether oxygens (including phenoxy) is 1. The van der Waals surface area contributed by atoms with E-state index in [2.05, 4.69) is 51.8 Å². The van der Waals surface area contributed by atoms with Gasteiger partial charge in [-0.15, -0.1) is 0 Å². The highest BCUT2D eigenvalue weighted by Crippen LogP contribution is 2.23. The van der Waals surface area contributed by atoms with E-state index in [-0.39, 0.29) is 11.9 Å². The zero-order valence-corrected chi connectivity index (χ0v) is 20.7. The minimum absolute atomic E-state index is 0.119. The number of hydrogen-bond donors (Lipinski definition) is 1. The highest BCUT2D eigenvalue weighted by Gasteiger charge is 2.19. The quantitative estimate of drug-likeness (QED) is 0.283. The Bertz CT molecular complexity index is 1260. The van der Waals surface area contributed by atoms with Gasteiger partial charge in [-0.2, -0.15) is 0 Å². The van der Waals surface area contributed by atoms with E-state index in [9.17, 15) is 4.79 Å². The fourth-order valence-electron chi connectivity index (χ4n) is 3.89. The summed E-state index contributed by atoms with van der Waals surface area (Å²) in [5.74, 6) is 1.65. The Hall–Kier alpha value is -3.12.